The Kier molecular flexibility index (Phi) is 8.02. The zero-order chi connectivity index (χ0) is 20.6. The lowest BCUT2D eigenvalue weighted by Crippen LogP contribution is -2.32. The highest BCUT2D eigenvalue weighted by Gasteiger charge is 2.17. The van der Waals surface area contributed by atoms with Crippen LogP contribution in [0.1, 0.15) is 25.5 Å². The third-order valence-electron chi connectivity index (χ3n) is 4.65. The van der Waals surface area contributed by atoms with Crippen LogP contribution >= 0.6 is 23.1 Å². The quantitative estimate of drug-likeness (QED) is 0.658. The van der Waals surface area contributed by atoms with Gasteiger partial charge in [-0.1, -0.05) is 6.92 Å². The van der Waals surface area contributed by atoms with Crippen molar-refractivity contribution < 1.29 is 14.0 Å². The fraction of sp³-hybridized carbons (Fsp3) is 0.450. The van der Waals surface area contributed by atoms with Crippen LogP contribution in [0.5, 0.6) is 0 Å². The maximum Gasteiger partial charge on any atom is 0.236 e. The topological polar surface area (TPSA) is 74.3 Å². The molecule has 0 radical (unpaired) electrons. The molecule has 1 aliphatic heterocycles. The Balaban J connectivity index is 1.34. The van der Waals surface area contributed by atoms with Crippen molar-refractivity contribution in [2.24, 2.45) is 5.92 Å². The fourth-order valence-corrected chi connectivity index (χ4v) is 4.34. The normalized spacial score (nSPS) is 15.2. The second-order valence-corrected chi connectivity index (χ2v) is 9.04. The maximum atomic E-state index is 12.9. The van der Waals surface area contributed by atoms with E-state index in [-0.39, 0.29) is 29.1 Å². The highest BCUT2D eigenvalue weighted by atomic mass is 32.2. The van der Waals surface area contributed by atoms with Gasteiger partial charge in [-0.25, -0.2) is 9.37 Å². The molecule has 2 aromatic rings. The number of anilines is 2. The second kappa shape index (κ2) is 10.7. The third-order valence-corrected chi connectivity index (χ3v) is 6.39. The molecule has 0 atom stereocenters. The summed E-state index contributed by atoms with van der Waals surface area (Å²) in [6.45, 7) is 5.30. The number of benzene rings is 1. The summed E-state index contributed by atoms with van der Waals surface area (Å²) in [5.74, 6) is 0.327. The molecule has 2 N–H and O–H groups in total. The van der Waals surface area contributed by atoms with Crippen LogP contribution < -0.4 is 10.6 Å². The summed E-state index contributed by atoms with van der Waals surface area (Å²) < 4.78 is 12.9. The Morgan fingerprint density at radius 1 is 1.17 bits per heavy atom. The smallest absolute Gasteiger partial charge is 0.236 e. The number of aromatic nitrogens is 1. The molecule has 29 heavy (non-hydrogen) atoms. The van der Waals surface area contributed by atoms with Crippen LogP contribution in [0, 0.1) is 11.7 Å². The second-order valence-electron chi connectivity index (χ2n) is 7.20. The predicted molar refractivity (Wildman–Crippen MR) is 117 cm³/mol. The SMILES string of the molecule is CC1CCN(Cc2csc(NC(=O)CSCC(=O)Nc3ccc(F)cc3)n2)CC1. The number of thiazole rings is 1. The number of halogens is 1. The molecule has 1 aromatic heterocycles. The molecular weight excluding hydrogens is 411 g/mol. The molecule has 0 unspecified atom stereocenters. The van der Waals surface area contributed by atoms with E-state index in [9.17, 15) is 14.0 Å². The van der Waals surface area contributed by atoms with Gasteiger partial charge in [0.15, 0.2) is 5.13 Å². The van der Waals surface area contributed by atoms with Crippen molar-refractivity contribution in [2.45, 2.75) is 26.3 Å². The summed E-state index contributed by atoms with van der Waals surface area (Å²) in [4.78, 5) is 30.8. The molecule has 9 heteroatoms. The summed E-state index contributed by atoms with van der Waals surface area (Å²) in [6, 6.07) is 5.55. The van der Waals surface area contributed by atoms with Crippen LogP contribution in [-0.2, 0) is 16.1 Å². The molecule has 6 nitrogen and oxygen atoms in total. The number of carbonyl (C=O) groups excluding carboxylic acids is 2. The van der Waals surface area contributed by atoms with Crippen molar-refractivity contribution in [3.63, 3.8) is 0 Å². The van der Waals surface area contributed by atoms with Gasteiger partial charge in [-0.05, 0) is 56.1 Å². The molecule has 1 fully saturated rings. The molecule has 0 spiro atoms. The van der Waals surface area contributed by atoms with Crippen LogP contribution in [-0.4, -0.2) is 46.3 Å². The standard InChI is InChI=1S/C20H25FN4O2S2/c1-14-6-8-25(9-7-14)10-17-11-29-20(23-17)24-19(27)13-28-12-18(26)22-16-4-2-15(21)3-5-16/h2-5,11,14H,6-10,12-13H2,1H3,(H,22,26)(H,23,24,27). The van der Waals surface area contributed by atoms with Gasteiger partial charge in [-0.3, -0.25) is 14.5 Å². The number of rotatable bonds is 8. The molecule has 156 valence electrons. The molecule has 1 aromatic carbocycles. The lowest BCUT2D eigenvalue weighted by atomic mass is 9.99. The highest BCUT2D eigenvalue weighted by molar-refractivity contribution is 8.00. The number of nitrogens with zero attached hydrogens (tertiary/aromatic N) is 2. The van der Waals surface area contributed by atoms with Gasteiger partial charge in [0.1, 0.15) is 5.82 Å². The van der Waals surface area contributed by atoms with Crippen LogP contribution in [0.3, 0.4) is 0 Å². The lowest BCUT2D eigenvalue weighted by Gasteiger charge is -2.29. The summed E-state index contributed by atoms with van der Waals surface area (Å²) >= 11 is 2.64. The Morgan fingerprint density at radius 2 is 1.83 bits per heavy atom. The first-order valence-corrected chi connectivity index (χ1v) is 11.6. The summed E-state index contributed by atoms with van der Waals surface area (Å²) in [5.41, 5.74) is 1.51. The van der Waals surface area contributed by atoms with Crippen LogP contribution in [0.2, 0.25) is 0 Å². The zero-order valence-electron chi connectivity index (χ0n) is 16.3. The zero-order valence-corrected chi connectivity index (χ0v) is 18.0. The van der Waals surface area contributed by atoms with Gasteiger partial charge < -0.3 is 10.6 Å². The van der Waals surface area contributed by atoms with E-state index in [2.05, 4.69) is 27.4 Å². The van der Waals surface area contributed by atoms with E-state index in [1.807, 2.05) is 5.38 Å². The summed E-state index contributed by atoms with van der Waals surface area (Å²) in [5, 5.41) is 8.03. The maximum absolute atomic E-state index is 12.9. The van der Waals surface area contributed by atoms with Gasteiger partial charge >= 0.3 is 0 Å². The molecule has 1 saturated heterocycles. The molecule has 0 aliphatic carbocycles. The summed E-state index contributed by atoms with van der Waals surface area (Å²) in [6.07, 6.45) is 2.44. The molecule has 3 rings (SSSR count). The van der Waals surface area contributed by atoms with Gasteiger partial charge in [-0.2, -0.15) is 0 Å². The van der Waals surface area contributed by atoms with E-state index in [0.717, 1.165) is 31.2 Å². The molecule has 2 heterocycles. The first-order valence-electron chi connectivity index (χ1n) is 9.57. The number of hydrogen-bond acceptors (Lipinski definition) is 6. The van der Waals surface area contributed by atoms with E-state index in [4.69, 9.17) is 0 Å². The Bertz CT molecular complexity index is 820. The highest BCUT2D eigenvalue weighted by Crippen LogP contribution is 2.21. The van der Waals surface area contributed by atoms with Crippen LogP contribution in [0.25, 0.3) is 0 Å². The van der Waals surface area contributed by atoms with Crippen molar-refractivity contribution in [1.29, 1.82) is 0 Å². The number of likely N-dealkylation sites (tertiary alicyclic amines) is 1. The Hall–Kier alpha value is -1.97. The largest absolute Gasteiger partial charge is 0.325 e. The first-order chi connectivity index (χ1) is 14.0. The van der Waals surface area contributed by atoms with Crippen molar-refractivity contribution >= 4 is 45.7 Å². The van der Waals surface area contributed by atoms with Gasteiger partial charge in [0.05, 0.1) is 17.2 Å². The van der Waals surface area contributed by atoms with E-state index in [1.54, 1.807) is 0 Å². The van der Waals surface area contributed by atoms with Gasteiger partial charge in [-0.15, -0.1) is 23.1 Å². The first kappa shape index (κ1) is 21.7. The van der Waals surface area contributed by atoms with Gasteiger partial charge in [0.25, 0.3) is 0 Å². The minimum atomic E-state index is -0.357. The number of hydrogen-bond donors (Lipinski definition) is 2. The van der Waals surface area contributed by atoms with E-state index in [0.29, 0.717) is 10.8 Å². The average molecular weight is 437 g/mol. The molecule has 0 bridgehead atoms. The van der Waals surface area contributed by atoms with Gasteiger partial charge in [0, 0.05) is 17.6 Å². The van der Waals surface area contributed by atoms with Crippen molar-refractivity contribution in [3.05, 3.63) is 41.2 Å². The number of piperidine rings is 1. The fourth-order valence-electron chi connectivity index (χ4n) is 3.01. The van der Waals surface area contributed by atoms with Gasteiger partial charge in [0.2, 0.25) is 11.8 Å². The molecule has 2 amide bonds. The number of carbonyl (C=O) groups is 2. The Morgan fingerprint density at radius 3 is 2.52 bits per heavy atom. The van der Waals surface area contributed by atoms with E-state index < -0.39 is 0 Å². The number of nitrogens with one attached hydrogen (secondary N) is 2. The van der Waals surface area contributed by atoms with E-state index in [1.165, 1.54) is 60.2 Å². The number of thioether (sulfide) groups is 1. The van der Waals surface area contributed by atoms with Crippen molar-refractivity contribution in [1.82, 2.24) is 9.88 Å². The Labute approximate surface area is 178 Å². The predicted octanol–water partition coefficient (Wildman–Crippen LogP) is 3.82. The monoisotopic (exact) mass is 436 g/mol. The summed E-state index contributed by atoms with van der Waals surface area (Å²) in [7, 11) is 0. The van der Waals surface area contributed by atoms with Crippen LogP contribution in [0.15, 0.2) is 29.6 Å². The minimum absolute atomic E-state index is 0.140. The minimum Gasteiger partial charge on any atom is -0.325 e. The molecular formula is C20H25FN4O2S2. The number of amides is 2. The average Bonchev–Trinajstić information content (AvgIpc) is 3.12. The molecule has 1 aliphatic rings. The van der Waals surface area contributed by atoms with Crippen molar-refractivity contribution in [2.75, 3.05) is 35.2 Å². The molecule has 0 saturated carbocycles. The third kappa shape index (κ3) is 7.41. The van der Waals surface area contributed by atoms with Crippen molar-refractivity contribution in [3.8, 4) is 0 Å². The van der Waals surface area contributed by atoms with E-state index >= 15 is 0 Å². The lowest BCUT2D eigenvalue weighted by molar-refractivity contribution is -0.114. The van der Waals surface area contributed by atoms with Crippen LogP contribution in [0.4, 0.5) is 15.2 Å².